The van der Waals surface area contributed by atoms with Crippen molar-refractivity contribution in [1.29, 1.82) is 0 Å². The molecule has 2 rings (SSSR count). The zero-order chi connectivity index (χ0) is 14.7. The molecule has 0 aromatic heterocycles. The van der Waals surface area contributed by atoms with E-state index in [2.05, 4.69) is 42.0 Å². The quantitative estimate of drug-likeness (QED) is 0.782. The van der Waals surface area contributed by atoms with Crippen molar-refractivity contribution in [3.63, 3.8) is 0 Å². The van der Waals surface area contributed by atoms with E-state index in [1.54, 1.807) is 6.07 Å². The highest BCUT2D eigenvalue weighted by molar-refractivity contribution is 9.10. The summed E-state index contributed by atoms with van der Waals surface area (Å²) < 4.78 is 15.0. The summed E-state index contributed by atoms with van der Waals surface area (Å²) in [5.41, 5.74) is 0.813. The van der Waals surface area contributed by atoms with Crippen molar-refractivity contribution in [3.8, 4) is 0 Å². The Balaban J connectivity index is 2.24. The van der Waals surface area contributed by atoms with Crippen molar-refractivity contribution in [2.24, 2.45) is 17.8 Å². The molecule has 0 saturated heterocycles. The van der Waals surface area contributed by atoms with Gasteiger partial charge in [-0.25, -0.2) is 4.39 Å². The molecule has 0 spiro atoms. The average Bonchev–Trinajstić information content (AvgIpc) is 2.43. The van der Waals surface area contributed by atoms with Gasteiger partial charge in [0, 0.05) is 11.6 Å². The molecule has 20 heavy (non-hydrogen) atoms. The van der Waals surface area contributed by atoms with Crippen LogP contribution < -0.4 is 5.32 Å². The number of rotatable bonds is 4. The minimum atomic E-state index is -0.107. The van der Waals surface area contributed by atoms with E-state index in [0.29, 0.717) is 10.4 Å². The fourth-order valence-corrected chi connectivity index (χ4v) is 3.78. The van der Waals surface area contributed by atoms with Crippen molar-refractivity contribution in [1.82, 2.24) is 5.32 Å². The summed E-state index contributed by atoms with van der Waals surface area (Å²) in [6, 6.07) is 5.76. The molecule has 1 saturated carbocycles. The normalized spacial score (nSPS) is 28.4. The van der Waals surface area contributed by atoms with E-state index >= 15 is 0 Å². The Morgan fingerprint density at radius 3 is 2.70 bits per heavy atom. The van der Waals surface area contributed by atoms with Gasteiger partial charge in [0.15, 0.2) is 0 Å². The van der Waals surface area contributed by atoms with E-state index in [1.807, 2.05) is 12.1 Å². The van der Waals surface area contributed by atoms with Crippen LogP contribution >= 0.6 is 15.9 Å². The Hall–Kier alpha value is -0.410. The first-order chi connectivity index (χ1) is 9.54. The molecular weight excluding hydrogens is 317 g/mol. The smallest absolute Gasteiger partial charge is 0.142 e. The summed E-state index contributed by atoms with van der Waals surface area (Å²) in [6.45, 7) is 7.63. The summed E-state index contributed by atoms with van der Waals surface area (Å²) >= 11 is 3.31. The molecule has 0 heterocycles. The van der Waals surface area contributed by atoms with E-state index in [9.17, 15) is 4.39 Å². The fourth-order valence-electron chi connectivity index (χ4n) is 3.40. The monoisotopic (exact) mass is 341 g/mol. The third-order valence-corrected chi connectivity index (χ3v) is 5.46. The highest BCUT2D eigenvalue weighted by Gasteiger charge is 2.32. The van der Waals surface area contributed by atoms with Gasteiger partial charge in [-0.05, 0) is 59.1 Å². The van der Waals surface area contributed by atoms with Crippen LogP contribution in [0.4, 0.5) is 4.39 Å². The highest BCUT2D eigenvalue weighted by atomic mass is 79.9. The molecule has 0 aliphatic heterocycles. The maximum Gasteiger partial charge on any atom is 0.142 e. The maximum atomic E-state index is 14.4. The highest BCUT2D eigenvalue weighted by Crippen LogP contribution is 2.41. The zero-order valence-corrected chi connectivity index (χ0v) is 14.2. The van der Waals surface area contributed by atoms with Gasteiger partial charge in [0.2, 0.25) is 0 Å². The van der Waals surface area contributed by atoms with Gasteiger partial charge < -0.3 is 5.32 Å². The standard InChI is InChI=1S/C17H25BrFN/c1-4-20-17(13-9-8-11(2)12(3)10-13)14-6-5-7-15(18)16(14)19/h5-7,11-13,17,20H,4,8-10H2,1-3H3. The molecule has 1 N–H and O–H groups in total. The van der Waals surface area contributed by atoms with Crippen LogP contribution in [0.5, 0.6) is 0 Å². The lowest BCUT2D eigenvalue weighted by molar-refractivity contribution is 0.170. The van der Waals surface area contributed by atoms with E-state index < -0.39 is 0 Å². The Labute approximate surface area is 130 Å². The second kappa shape index (κ2) is 7.04. The van der Waals surface area contributed by atoms with Crippen LogP contribution in [0.2, 0.25) is 0 Å². The first-order valence-corrected chi connectivity index (χ1v) is 8.51. The summed E-state index contributed by atoms with van der Waals surface area (Å²) in [7, 11) is 0. The lowest BCUT2D eigenvalue weighted by atomic mass is 9.72. The summed E-state index contributed by atoms with van der Waals surface area (Å²) in [5, 5.41) is 3.51. The number of hydrogen-bond acceptors (Lipinski definition) is 1. The lowest BCUT2D eigenvalue weighted by Crippen LogP contribution is -2.33. The summed E-state index contributed by atoms with van der Waals surface area (Å²) in [4.78, 5) is 0. The van der Waals surface area contributed by atoms with Crippen LogP contribution in [0.25, 0.3) is 0 Å². The molecule has 4 atom stereocenters. The molecule has 0 amide bonds. The SMILES string of the molecule is CCNC(c1cccc(Br)c1F)C1CCC(C)C(C)C1. The molecule has 0 radical (unpaired) electrons. The van der Waals surface area contributed by atoms with Crippen LogP contribution in [-0.2, 0) is 0 Å². The third kappa shape index (κ3) is 3.43. The first-order valence-electron chi connectivity index (χ1n) is 7.71. The Kier molecular flexibility index (Phi) is 5.62. The molecule has 1 nitrogen and oxygen atoms in total. The van der Waals surface area contributed by atoms with E-state index in [4.69, 9.17) is 0 Å². The molecule has 1 aromatic carbocycles. The third-order valence-electron chi connectivity index (χ3n) is 4.85. The van der Waals surface area contributed by atoms with Gasteiger partial charge in [0.05, 0.1) is 4.47 Å². The molecule has 4 unspecified atom stereocenters. The minimum absolute atomic E-state index is 0.107. The van der Waals surface area contributed by atoms with E-state index in [0.717, 1.165) is 23.9 Å². The molecule has 3 heteroatoms. The Bertz CT molecular complexity index is 449. The number of hydrogen-bond donors (Lipinski definition) is 1. The summed E-state index contributed by atoms with van der Waals surface area (Å²) in [5.74, 6) is 1.95. The van der Waals surface area contributed by atoms with Crippen LogP contribution in [-0.4, -0.2) is 6.54 Å². The number of benzene rings is 1. The topological polar surface area (TPSA) is 12.0 Å². The van der Waals surface area contributed by atoms with Crippen molar-refractivity contribution in [3.05, 3.63) is 34.1 Å². The van der Waals surface area contributed by atoms with Gasteiger partial charge in [0.1, 0.15) is 5.82 Å². The van der Waals surface area contributed by atoms with Gasteiger partial charge in [-0.1, -0.05) is 39.3 Å². The van der Waals surface area contributed by atoms with Gasteiger partial charge in [-0.3, -0.25) is 0 Å². The molecule has 1 aromatic rings. The predicted molar refractivity (Wildman–Crippen MR) is 86.2 cm³/mol. The molecule has 1 aliphatic carbocycles. The number of nitrogens with one attached hydrogen (secondary N) is 1. The Morgan fingerprint density at radius 1 is 1.30 bits per heavy atom. The van der Waals surface area contributed by atoms with Gasteiger partial charge in [-0.2, -0.15) is 0 Å². The average molecular weight is 342 g/mol. The predicted octanol–water partition coefficient (Wildman–Crippen LogP) is 5.31. The molecule has 112 valence electrons. The largest absolute Gasteiger partial charge is 0.310 e. The van der Waals surface area contributed by atoms with Crippen LogP contribution in [0, 0.1) is 23.6 Å². The first kappa shape index (κ1) is 16.0. The zero-order valence-electron chi connectivity index (χ0n) is 12.6. The van der Waals surface area contributed by atoms with Gasteiger partial charge >= 0.3 is 0 Å². The van der Waals surface area contributed by atoms with Gasteiger partial charge in [-0.15, -0.1) is 0 Å². The van der Waals surface area contributed by atoms with Gasteiger partial charge in [0.25, 0.3) is 0 Å². The van der Waals surface area contributed by atoms with Crippen molar-refractivity contribution in [2.45, 2.75) is 46.1 Å². The van der Waals surface area contributed by atoms with E-state index in [1.165, 1.54) is 19.3 Å². The van der Waals surface area contributed by atoms with Crippen molar-refractivity contribution < 1.29 is 4.39 Å². The van der Waals surface area contributed by atoms with Crippen LogP contribution in [0.1, 0.15) is 51.6 Å². The minimum Gasteiger partial charge on any atom is -0.310 e. The molecule has 0 bridgehead atoms. The van der Waals surface area contributed by atoms with E-state index in [-0.39, 0.29) is 11.9 Å². The maximum absolute atomic E-state index is 14.4. The lowest BCUT2D eigenvalue weighted by Gasteiger charge is -2.37. The molecule has 1 aliphatic rings. The van der Waals surface area contributed by atoms with Crippen molar-refractivity contribution in [2.75, 3.05) is 6.54 Å². The van der Waals surface area contributed by atoms with Crippen molar-refractivity contribution >= 4 is 15.9 Å². The number of halogens is 2. The second-order valence-electron chi connectivity index (χ2n) is 6.21. The Morgan fingerprint density at radius 2 is 2.05 bits per heavy atom. The van der Waals surface area contributed by atoms with Crippen LogP contribution in [0.15, 0.2) is 22.7 Å². The van der Waals surface area contributed by atoms with Crippen LogP contribution in [0.3, 0.4) is 0 Å². The summed E-state index contributed by atoms with van der Waals surface area (Å²) in [6.07, 6.45) is 3.63. The molecule has 1 fully saturated rings. The molecular formula is C17H25BrFN. The fraction of sp³-hybridized carbons (Fsp3) is 0.647. The second-order valence-corrected chi connectivity index (χ2v) is 7.06.